The third kappa shape index (κ3) is 4.28. The van der Waals surface area contributed by atoms with E-state index in [1.807, 2.05) is 0 Å². The third-order valence-electron chi connectivity index (χ3n) is 3.99. The number of carbonyl (C=O) groups is 2. The summed E-state index contributed by atoms with van der Waals surface area (Å²) in [6, 6.07) is 10.5. The summed E-state index contributed by atoms with van der Waals surface area (Å²) in [6.45, 7) is 0.0447. The van der Waals surface area contributed by atoms with Crippen LogP contribution in [0.25, 0.3) is 5.69 Å². The molecule has 0 atom stereocenters. The van der Waals surface area contributed by atoms with Gasteiger partial charge in [0.05, 0.1) is 29.0 Å². The maximum Gasteiger partial charge on any atom is 0.294 e. The largest absolute Gasteiger partial charge is 0.341 e. The molecule has 0 unspecified atom stereocenters. The molecule has 9 heteroatoms. The van der Waals surface area contributed by atoms with Gasteiger partial charge in [0, 0.05) is 24.0 Å². The Morgan fingerprint density at radius 3 is 2.69 bits per heavy atom. The Labute approximate surface area is 165 Å². The van der Waals surface area contributed by atoms with Crippen LogP contribution in [0.5, 0.6) is 0 Å². The average molecular weight is 389 g/mol. The van der Waals surface area contributed by atoms with E-state index in [-0.39, 0.29) is 34.7 Å². The van der Waals surface area contributed by atoms with Crippen molar-refractivity contribution in [2.45, 2.75) is 0 Å². The molecular formula is C20H15N5O4. The highest BCUT2D eigenvalue weighted by Crippen LogP contribution is 2.25. The van der Waals surface area contributed by atoms with Crippen LogP contribution in [0.3, 0.4) is 0 Å². The van der Waals surface area contributed by atoms with Crippen molar-refractivity contribution in [2.24, 2.45) is 0 Å². The summed E-state index contributed by atoms with van der Waals surface area (Å²) in [4.78, 5) is 39.6. The second-order valence-corrected chi connectivity index (χ2v) is 5.82. The van der Waals surface area contributed by atoms with Crippen LogP contribution in [0.2, 0.25) is 0 Å². The van der Waals surface area contributed by atoms with Gasteiger partial charge in [-0.05, 0) is 24.3 Å². The normalized spacial score (nSPS) is 10.0. The number of nitrogens with one attached hydrogen (secondary N) is 2. The van der Waals surface area contributed by atoms with Crippen molar-refractivity contribution < 1.29 is 14.5 Å². The van der Waals surface area contributed by atoms with Gasteiger partial charge < -0.3 is 15.2 Å². The van der Waals surface area contributed by atoms with Crippen LogP contribution in [-0.2, 0) is 0 Å². The Bertz CT molecular complexity index is 1120. The van der Waals surface area contributed by atoms with E-state index in [4.69, 9.17) is 6.42 Å². The molecule has 0 aliphatic carbocycles. The molecule has 2 N–H and O–H groups in total. The Kier molecular flexibility index (Phi) is 5.66. The minimum atomic E-state index is -0.595. The molecule has 0 aliphatic heterocycles. The summed E-state index contributed by atoms with van der Waals surface area (Å²) in [6.07, 6.45) is 9.62. The van der Waals surface area contributed by atoms with Crippen LogP contribution >= 0.6 is 0 Å². The molecule has 0 bridgehead atoms. The molecule has 29 heavy (non-hydrogen) atoms. The first-order valence-corrected chi connectivity index (χ1v) is 8.40. The monoisotopic (exact) mass is 389 g/mol. The van der Waals surface area contributed by atoms with Crippen molar-refractivity contribution >= 4 is 23.2 Å². The summed E-state index contributed by atoms with van der Waals surface area (Å²) in [5.41, 5.74) is 0.571. The number of amides is 2. The lowest BCUT2D eigenvalue weighted by molar-refractivity contribution is -0.384. The van der Waals surface area contributed by atoms with Gasteiger partial charge in [0.2, 0.25) is 0 Å². The summed E-state index contributed by atoms with van der Waals surface area (Å²) in [7, 11) is 0. The van der Waals surface area contributed by atoms with E-state index in [2.05, 4.69) is 21.5 Å². The predicted molar refractivity (Wildman–Crippen MR) is 106 cm³/mol. The molecule has 0 radical (unpaired) electrons. The van der Waals surface area contributed by atoms with Crippen molar-refractivity contribution in [3.05, 3.63) is 82.4 Å². The van der Waals surface area contributed by atoms with Crippen LogP contribution in [0.1, 0.15) is 20.7 Å². The fraction of sp³-hybridized carbons (Fsp3) is 0.0500. The van der Waals surface area contributed by atoms with E-state index >= 15 is 0 Å². The fourth-order valence-electron chi connectivity index (χ4n) is 2.64. The number of para-hydroxylation sites is 1. The van der Waals surface area contributed by atoms with Crippen molar-refractivity contribution in [1.29, 1.82) is 0 Å². The molecule has 0 saturated carbocycles. The van der Waals surface area contributed by atoms with Gasteiger partial charge >= 0.3 is 0 Å². The number of rotatable bonds is 6. The number of nitro benzene ring substituents is 1. The first-order chi connectivity index (χ1) is 14.0. The first-order valence-electron chi connectivity index (χ1n) is 8.40. The minimum Gasteiger partial charge on any atom is -0.341 e. The molecular weight excluding hydrogens is 374 g/mol. The molecule has 3 aromatic rings. The van der Waals surface area contributed by atoms with Crippen molar-refractivity contribution in [1.82, 2.24) is 14.9 Å². The highest BCUT2D eigenvalue weighted by atomic mass is 16.6. The van der Waals surface area contributed by atoms with Crippen LogP contribution in [0.4, 0.5) is 11.4 Å². The van der Waals surface area contributed by atoms with Gasteiger partial charge in [-0.3, -0.25) is 19.7 Å². The molecule has 0 fully saturated rings. The lowest BCUT2D eigenvalue weighted by Crippen LogP contribution is -2.25. The summed E-state index contributed by atoms with van der Waals surface area (Å²) >= 11 is 0. The zero-order valence-corrected chi connectivity index (χ0v) is 15.0. The van der Waals surface area contributed by atoms with Gasteiger partial charge in [0.25, 0.3) is 17.5 Å². The predicted octanol–water partition coefficient (Wildman–Crippen LogP) is 2.40. The lowest BCUT2D eigenvalue weighted by atomic mass is 10.1. The SMILES string of the molecule is C#CCNC(=O)c1ccccc1NC(=O)c1ccc(-n2ccnc2)c([N+](=O)[O-])c1. The number of aromatic nitrogens is 2. The minimum absolute atomic E-state index is 0.0447. The van der Waals surface area contributed by atoms with E-state index in [0.29, 0.717) is 0 Å². The standard InChI is InChI=1S/C20H15N5O4/c1-2-9-22-20(27)15-5-3-4-6-16(15)23-19(26)14-7-8-17(18(12-14)25(28)29)24-11-10-21-13-24/h1,3-8,10-13H,9H2,(H,22,27)(H,23,26). The third-order valence-corrected chi connectivity index (χ3v) is 3.99. The Morgan fingerprint density at radius 1 is 1.21 bits per heavy atom. The van der Waals surface area contributed by atoms with Crippen LogP contribution in [0.15, 0.2) is 61.2 Å². The number of anilines is 1. The number of nitrogens with zero attached hydrogens (tertiary/aromatic N) is 3. The molecule has 2 aromatic carbocycles. The van der Waals surface area contributed by atoms with E-state index in [9.17, 15) is 19.7 Å². The van der Waals surface area contributed by atoms with Crippen molar-refractivity contribution in [3.63, 3.8) is 0 Å². The van der Waals surface area contributed by atoms with Crippen LogP contribution in [0, 0.1) is 22.5 Å². The number of carbonyl (C=O) groups excluding carboxylic acids is 2. The van der Waals surface area contributed by atoms with Gasteiger partial charge in [-0.15, -0.1) is 6.42 Å². The van der Waals surface area contributed by atoms with Crippen molar-refractivity contribution in [3.8, 4) is 18.0 Å². The number of hydrogen-bond donors (Lipinski definition) is 2. The molecule has 2 amide bonds. The molecule has 0 spiro atoms. The Balaban J connectivity index is 1.89. The summed E-state index contributed by atoms with van der Waals surface area (Å²) < 4.78 is 1.48. The number of hydrogen-bond acceptors (Lipinski definition) is 5. The van der Waals surface area contributed by atoms with E-state index in [1.165, 1.54) is 41.4 Å². The zero-order chi connectivity index (χ0) is 20.8. The topological polar surface area (TPSA) is 119 Å². The molecule has 0 aliphatic rings. The van der Waals surface area contributed by atoms with Gasteiger partial charge in [0.15, 0.2) is 0 Å². The van der Waals surface area contributed by atoms with E-state index < -0.39 is 16.7 Å². The maximum atomic E-state index is 12.7. The molecule has 1 aromatic heterocycles. The smallest absolute Gasteiger partial charge is 0.294 e. The maximum absolute atomic E-state index is 12.7. The summed E-state index contributed by atoms with van der Waals surface area (Å²) in [5.74, 6) is 1.26. The Hall–Kier alpha value is -4.45. The quantitative estimate of drug-likeness (QED) is 0.381. The number of terminal acetylenes is 1. The average Bonchev–Trinajstić information content (AvgIpc) is 3.26. The van der Waals surface area contributed by atoms with Gasteiger partial charge in [0.1, 0.15) is 5.69 Å². The second kappa shape index (κ2) is 8.49. The van der Waals surface area contributed by atoms with Gasteiger partial charge in [-0.1, -0.05) is 18.1 Å². The highest BCUT2D eigenvalue weighted by molar-refractivity contribution is 6.09. The molecule has 9 nitrogen and oxygen atoms in total. The molecule has 0 saturated heterocycles. The van der Waals surface area contributed by atoms with E-state index in [0.717, 1.165) is 0 Å². The second-order valence-electron chi connectivity index (χ2n) is 5.82. The zero-order valence-electron chi connectivity index (χ0n) is 15.0. The number of imidazole rings is 1. The summed E-state index contributed by atoms with van der Waals surface area (Å²) in [5, 5.41) is 16.6. The first kappa shape index (κ1) is 19.3. The highest BCUT2D eigenvalue weighted by Gasteiger charge is 2.20. The van der Waals surface area contributed by atoms with Gasteiger partial charge in [-0.2, -0.15) is 0 Å². The molecule has 3 rings (SSSR count). The number of benzene rings is 2. The Morgan fingerprint density at radius 2 is 2.00 bits per heavy atom. The molecule has 144 valence electrons. The van der Waals surface area contributed by atoms with Crippen molar-refractivity contribution in [2.75, 3.05) is 11.9 Å². The molecule has 1 heterocycles. The lowest BCUT2D eigenvalue weighted by Gasteiger charge is -2.11. The van der Waals surface area contributed by atoms with E-state index in [1.54, 1.807) is 24.4 Å². The van der Waals surface area contributed by atoms with Gasteiger partial charge in [-0.25, -0.2) is 4.98 Å². The fourth-order valence-corrected chi connectivity index (χ4v) is 2.64. The van der Waals surface area contributed by atoms with Crippen LogP contribution < -0.4 is 10.6 Å². The van der Waals surface area contributed by atoms with Crippen LogP contribution in [-0.4, -0.2) is 32.8 Å². The number of nitro groups is 1.